The first-order valence-corrected chi connectivity index (χ1v) is 11.3. The number of nitrogens with two attached hydrogens (primary N) is 5. The van der Waals surface area contributed by atoms with Crippen molar-refractivity contribution in [3.05, 3.63) is 0 Å². The molecule has 0 fully saturated rings. The summed E-state index contributed by atoms with van der Waals surface area (Å²) in [5.41, 5.74) is 26.3. The molecule has 17 heteroatoms. The molecule has 5 unspecified atom stereocenters. The smallest absolute Gasteiger partial charge is 0.326 e. The molecule has 0 aliphatic carbocycles. The van der Waals surface area contributed by atoms with Crippen LogP contribution in [-0.2, 0) is 28.8 Å². The third-order valence-electron chi connectivity index (χ3n) is 5.01. The zero-order valence-electron chi connectivity index (χ0n) is 20.5. The zero-order chi connectivity index (χ0) is 28.7. The van der Waals surface area contributed by atoms with Gasteiger partial charge in [0, 0.05) is 19.4 Å². The Morgan fingerprint density at radius 3 is 1.62 bits per heavy atom. The van der Waals surface area contributed by atoms with E-state index >= 15 is 0 Å². The van der Waals surface area contributed by atoms with Gasteiger partial charge in [-0.25, -0.2) is 4.79 Å². The quantitative estimate of drug-likeness (QED) is 0.0452. The molecule has 0 heterocycles. The van der Waals surface area contributed by atoms with Crippen molar-refractivity contribution in [2.75, 3.05) is 6.54 Å². The lowest BCUT2D eigenvalue weighted by Gasteiger charge is -2.25. The summed E-state index contributed by atoms with van der Waals surface area (Å²) < 4.78 is 0. The third-order valence-corrected chi connectivity index (χ3v) is 5.01. The Balaban J connectivity index is 5.72. The highest BCUT2D eigenvalue weighted by molar-refractivity contribution is 5.94. The van der Waals surface area contributed by atoms with Crippen molar-refractivity contribution in [3.63, 3.8) is 0 Å². The van der Waals surface area contributed by atoms with Gasteiger partial charge >= 0.3 is 5.97 Å². The summed E-state index contributed by atoms with van der Waals surface area (Å²) in [6.07, 6.45) is -2.29. The van der Waals surface area contributed by atoms with E-state index < -0.39 is 65.8 Å². The minimum absolute atomic E-state index is 0.0554. The molecule has 0 saturated carbocycles. The van der Waals surface area contributed by atoms with Gasteiger partial charge in [-0.2, -0.15) is 0 Å². The Labute approximate surface area is 212 Å². The summed E-state index contributed by atoms with van der Waals surface area (Å²) in [7, 11) is 0. The number of hydrogen-bond acceptors (Lipinski definition) is 9. The molecule has 5 amide bonds. The fourth-order valence-corrected chi connectivity index (χ4v) is 2.90. The summed E-state index contributed by atoms with van der Waals surface area (Å²) in [6.45, 7) is 1.34. The molecule has 37 heavy (non-hydrogen) atoms. The number of carbonyl (C=O) groups excluding carboxylic acids is 5. The van der Waals surface area contributed by atoms with Gasteiger partial charge in [-0.3, -0.25) is 29.0 Å². The fourth-order valence-electron chi connectivity index (χ4n) is 2.90. The average Bonchev–Trinajstić information content (AvgIpc) is 2.79. The van der Waals surface area contributed by atoms with Crippen molar-refractivity contribution in [2.45, 2.75) is 75.7 Å². The number of aliphatic imine (C=N–C) groups is 1. The maximum atomic E-state index is 13.0. The molecule has 0 aliphatic heterocycles. The number of nitrogens with zero attached hydrogens (tertiary/aromatic N) is 1. The molecule has 5 atom stereocenters. The van der Waals surface area contributed by atoms with Crippen LogP contribution in [0.15, 0.2) is 4.99 Å². The van der Waals surface area contributed by atoms with Crippen LogP contribution in [0.4, 0.5) is 0 Å². The number of guanidine groups is 1. The van der Waals surface area contributed by atoms with Crippen LogP contribution < -0.4 is 44.6 Å². The van der Waals surface area contributed by atoms with Crippen LogP contribution in [0.3, 0.4) is 0 Å². The Bertz CT molecular complexity index is 861. The van der Waals surface area contributed by atoms with Gasteiger partial charge < -0.3 is 54.8 Å². The summed E-state index contributed by atoms with van der Waals surface area (Å²) in [6, 6.07) is -5.56. The first-order chi connectivity index (χ1) is 17.1. The standard InChI is InChI=1S/C20H37N9O8/c1-9(30)15(23)18(35)28-11(4-6-13(21)31)17(34)27-10(3-2-8-26-20(24)25)16(33)29-12(19(36)37)5-7-14(22)32/h9-12,15,30H,2-8,23H2,1H3,(H2,21,31)(H2,22,32)(H,27,34)(H,28,35)(H,29,33)(H,36,37)(H4,24,25,26). The fraction of sp³-hybridized carbons (Fsp3) is 0.650. The van der Waals surface area contributed by atoms with E-state index in [1.165, 1.54) is 6.92 Å². The van der Waals surface area contributed by atoms with E-state index in [2.05, 4.69) is 20.9 Å². The SMILES string of the molecule is CC(O)C(N)C(=O)NC(CCC(N)=O)C(=O)NC(CCCN=C(N)N)C(=O)NC(CCC(N)=O)C(=O)O. The largest absolute Gasteiger partial charge is 0.480 e. The third kappa shape index (κ3) is 14.2. The van der Waals surface area contributed by atoms with E-state index in [0.29, 0.717) is 0 Å². The number of aliphatic hydroxyl groups excluding tert-OH is 1. The van der Waals surface area contributed by atoms with Crippen LogP contribution in [0.1, 0.15) is 45.4 Å². The highest BCUT2D eigenvalue weighted by atomic mass is 16.4. The van der Waals surface area contributed by atoms with Gasteiger partial charge in [0.25, 0.3) is 0 Å². The van der Waals surface area contributed by atoms with Crippen molar-refractivity contribution in [1.82, 2.24) is 16.0 Å². The maximum absolute atomic E-state index is 13.0. The lowest BCUT2D eigenvalue weighted by molar-refractivity contribution is -0.142. The maximum Gasteiger partial charge on any atom is 0.326 e. The van der Waals surface area contributed by atoms with E-state index in [0.717, 1.165) is 0 Å². The number of carboxylic acids is 1. The van der Waals surface area contributed by atoms with Gasteiger partial charge in [-0.1, -0.05) is 0 Å². The van der Waals surface area contributed by atoms with Crippen LogP contribution in [-0.4, -0.2) is 88.5 Å². The minimum Gasteiger partial charge on any atom is -0.480 e. The topological polar surface area (TPSA) is 321 Å². The summed E-state index contributed by atoms with van der Waals surface area (Å²) >= 11 is 0. The number of carbonyl (C=O) groups is 6. The van der Waals surface area contributed by atoms with Gasteiger partial charge in [0.2, 0.25) is 29.5 Å². The highest BCUT2D eigenvalue weighted by Gasteiger charge is 2.31. The molecule has 0 radical (unpaired) electrons. The van der Waals surface area contributed by atoms with Crippen molar-refractivity contribution < 1.29 is 39.0 Å². The number of hydrogen-bond donors (Lipinski definition) is 10. The average molecular weight is 532 g/mol. The van der Waals surface area contributed by atoms with Gasteiger partial charge in [0.15, 0.2) is 5.96 Å². The molecule has 0 spiro atoms. The second-order valence-corrected chi connectivity index (χ2v) is 8.25. The van der Waals surface area contributed by atoms with Gasteiger partial charge in [0.1, 0.15) is 24.2 Å². The molecular weight excluding hydrogens is 494 g/mol. The second kappa shape index (κ2) is 16.6. The zero-order valence-corrected chi connectivity index (χ0v) is 20.5. The summed E-state index contributed by atoms with van der Waals surface area (Å²) in [5, 5.41) is 25.8. The Hall–Kier alpha value is -3.99. The molecule has 0 aromatic carbocycles. The molecule has 210 valence electrons. The van der Waals surface area contributed by atoms with Gasteiger partial charge in [-0.15, -0.1) is 0 Å². The van der Waals surface area contributed by atoms with Gasteiger partial charge in [0.05, 0.1) is 6.10 Å². The number of carboxylic acid groups (broad SMARTS) is 1. The normalized spacial score (nSPS) is 14.7. The summed E-state index contributed by atoms with van der Waals surface area (Å²) in [4.78, 5) is 75.6. The molecule has 0 aromatic heterocycles. The Kier molecular flexibility index (Phi) is 14.8. The van der Waals surface area contributed by atoms with Crippen molar-refractivity contribution in [1.29, 1.82) is 0 Å². The number of nitrogens with one attached hydrogen (secondary N) is 3. The predicted octanol–water partition coefficient (Wildman–Crippen LogP) is -5.18. The van der Waals surface area contributed by atoms with E-state index in [4.69, 9.17) is 28.7 Å². The monoisotopic (exact) mass is 531 g/mol. The minimum atomic E-state index is -1.48. The second-order valence-electron chi connectivity index (χ2n) is 8.25. The highest BCUT2D eigenvalue weighted by Crippen LogP contribution is 2.06. The molecule has 0 bridgehead atoms. The van der Waals surface area contributed by atoms with E-state index in [9.17, 15) is 39.0 Å². The van der Waals surface area contributed by atoms with E-state index in [-0.39, 0.29) is 51.0 Å². The molecule has 0 rings (SSSR count). The van der Waals surface area contributed by atoms with Crippen LogP contribution >= 0.6 is 0 Å². The predicted molar refractivity (Wildman–Crippen MR) is 130 cm³/mol. The first-order valence-electron chi connectivity index (χ1n) is 11.3. The number of aliphatic carboxylic acids is 1. The van der Waals surface area contributed by atoms with Crippen molar-refractivity contribution >= 4 is 41.5 Å². The lowest BCUT2D eigenvalue weighted by atomic mass is 10.0. The van der Waals surface area contributed by atoms with E-state index in [1.54, 1.807) is 0 Å². The first kappa shape index (κ1) is 33.0. The number of primary amides is 2. The van der Waals surface area contributed by atoms with Crippen LogP contribution in [0.2, 0.25) is 0 Å². The number of rotatable bonds is 18. The molecule has 0 aliphatic rings. The summed E-state index contributed by atoms with van der Waals surface area (Å²) in [5.74, 6) is -5.88. The van der Waals surface area contributed by atoms with Crippen molar-refractivity contribution in [3.8, 4) is 0 Å². The van der Waals surface area contributed by atoms with Gasteiger partial charge in [-0.05, 0) is 32.6 Å². The number of aliphatic hydroxyl groups is 1. The van der Waals surface area contributed by atoms with Crippen LogP contribution in [0, 0.1) is 0 Å². The molecule has 17 nitrogen and oxygen atoms in total. The molecule has 0 aromatic rings. The molecule has 15 N–H and O–H groups in total. The van der Waals surface area contributed by atoms with Crippen LogP contribution in [0.5, 0.6) is 0 Å². The Morgan fingerprint density at radius 1 is 0.757 bits per heavy atom. The van der Waals surface area contributed by atoms with Crippen LogP contribution in [0.25, 0.3) is 0 Å². The number of amides is 5. The Morgan fingerprint density at radius 2 is 1.19 bits per heavy atom. The lowest BCUT2D eigenvalue weighted by Crippen LogP contribution is -2.58. The van der Waals surface area contributed by atoms with E-state index in [1.807, 2.05) is 0 Å². The van der Waals surface area contributed by atoms with Crippen molar-refractivity contribution in [2.24, 2.45) is 33.7 Å². The molecular formula is C20H37N9O8. The molecule has 0 saturated heterocycles.